The molecule has 0 aliphatic rings. The fourth-order valence-corrected chi connectivity index (χ4v) is 2.45. The Morgan fingerprint density at radius 1 is 1.17 bits per heavy atom. The number of aliphatic imine (C=N–C) groups is 1. The molecule has 1 aromatic carbocycles. The van der Waals surface area contributed by atoms with Crippen LogP contribution in [0.15, 0.2) is 53.7 Å². The summed E-state index contributed by atoms with van der Waals surface area (Å²) in [6, 6.07) is 12.3. The number of hydrogen-bond acceptors (Lipinski definition) is 4. The average Bonchev–Trinajstić information content (AvgIpc) is 2.69. The molecule has 0 spiro atoms. The smallest absolute Gasteiger partial charge is 0.422 e. The molecule has 0 saturated carbocycles. The second-order valence-electron chi connectivity index (χ2n) is 6.59. The second kappa shape index (κ2) is 11.9. The van der Waals surface area contributed by atoms with Gasteiger partial charge in [0.1, 0.15) is 5.60 Å². The second-order valence-corrected chi connectivity index (χ2v) is 6.59. The number of guanidine groups is 1. The largest absolute Gasteiger partial charge is 0.468 e. The van der Waals surface area contributed by atoms with Crippen molar-refractivity contribution in [2.24, 2.45) is 4.99 Å². The van der Waals surface area contributed by atoms with Gasteiger partial charge in [-0.2, -0.15) is 13.2 Å². The van der Waals surface area contributed by atoms with Crippen LogP contribution in [0.2, 0.25) is 0 Å². The van der Waals surface area contributed by atoms with E-state index in [9.17, 15) is 18.3 Å². The number of benzene rings is 1. The van der Waals surface area contributed by atoms with Crippen LogP contribution in [0.3, 0.4) is 0 Å². The van der Waals surface area contributed by atoms with Crippen molar-refractivity contribution in [2.75, 3.05) is 19.7 Å². The SMILES string of the molecule is CCNC(=NCc1ccnc(OCC(F)(F)F)c1)NCC(C)(O)c1ccccc1.I. The first-order valence-electron chi connectivity index (χ1n) is 9.14. The zero-order valence-corrected chi connectivity index (χ0v) is 19.1. The first-order chi connectivity index (χ1) is 13.7. The quantitative estimate of drug-likeness (QED) is 0.272. The monoisotopic (exact) mass is 538 g/mol. The number of ether oxygens (including phenoxy) is 1. The molecule has 2 rings (SSSR count). The minimum Gasteiger partial charge on any atom is -0.468 e. The van der Waals surface area contributed by atoms with Crippen LogP contribution in [0, 0.1) is 0 Å². The van der Waals surface area contributed by atoms with Gasteiger partial charge in [-0.3, -0.25) is 0 Å². The number of halogens is 4. The topological polar surface area (TPSA) is 78.8 Å². The van der Waals surface area contributed by atoms with Crippen molar-refractivity contribution in [1.82, 2.24) is 15.6 Å². The van der Waals surface area contributed by atoms with Gasteiger partial charge in [0.05, 0.1) is 13.1 Å². The van der Waals surface area contributed by atoms with E-state index < -0.39 is 18.4 Å². The van der Waals surface area contributed by atoms with E-state index in [2.05, 4.69) is 25.3 Å². The molecule has 3 N–H and O–H groups in total. The zero-order valence-electron chi connectivity index (χ0n) is 16.7. The summed E-state index contributed by atoms with van der Waals surface area (Å²) in [4.78, 5) is 8.18. The Labute approximate surface area is 191 Å². The van der Waals surface area contributed by atoms with Crippen molar-refractivity contribution in [1.29, 1.82) is 0 Å². The molecule has 0 aliphatic heterocycles. The van der Waals surface area contributed by atoms with Crippen LogP contribution in [-0.2, 0) is 12.1 Å². The third-order valence-corrected chi connectivity index (χ3v) is 3.94. The van der Waals surface area contributed by atoms with E-state index >= 15 is 0 Å². The third-order valence-electron chi connectivity index (χ3n) is 3.94. The summed E-state index contributed by atoms with van der Waals surface area (Å²) in [5.41, 5.74) is 0.306. The maximum Gasteiger partial charge on any atom is 0.422 e. The molecule has 166 valence electrons. The highest BCUT2D eigenvalue weighted by molar-refractivity contribution is 14.0. The van der Waals surface area contributed by atoms with Crippen LogP contribution in [0.25, 0.3) is 0 Å². The van der Waals surface area contributed by atoms with Gasteiger partial charge in [-0.15, -0.1) is 24.0 Å². The van der Waals surface area contributed by atoms with Gasteiger partial charge in [-0.1, -0.05) is 30.3 Å². The standard InChI is InChI=1S/C20H25F3N4O2.HI/c1-3-24-18(27-13-19(2,28)16-7-5-4-6-8-16)26-12-15-9-10-25-17(11-15)29-14-20(21,22)23;/h4-11,28H,3,12-14H2,1-2H3,(H2,24,26,27);1H. The Bertz CT molecular complexity index is 802. The zero-order chi connectivity index (χ0) is 21.3. The lowest BCUT2D eigenvalue weighted by Crippen LogP contribution is -2.44. The van der Waals surface area contributed by atoms with Crippen LogP contribution in [0.1, 0.15) is 25.0 Å². The molecule has 30 heavy (non-hydrogen) atoms. The molecular weight excluding hydrogens is 512 g/mol. The summed E-state index contributed by atoms with van der Waals surface area (Å²) in [6.07, 6.45) is -3.05. The van der Waals surface area contributed by atoms with Crippen LogP contribution in [0.5, 0.6) is 5.88 Å². The van der Waals surface area contributed by atoms with Crippen molar-refractivity contribution in [3.63, 3.8) is 0 Å². The van der Waals surface area contributed by atoms with Crippen molar-refractivity contribution in [3.8, 4) is 5.88 Å². The molecule has 1 aromatic heterocycles. The summed E-state index contributed by atoms with van der Waals surface area (Å²) in [5, 5.41) is 16.8. The Balaban J connectivity index is 0.00000450. The minimum atomic E-state index is -4.42. The molecule has 0 saturated heterocycles. The van der Waals surface area contributed by atoms with Crippen molar-refractivity contribution in [2.45, 2.75) is 32.2 Å². The number of aromatic nitrogens is 1. The van der Waals surface area contributed by atoms with Gasteiger partial charge in [0.15, 0.2) is 12.6 Å². The van der Waals surface area contributed by atoms with E-state index in [0.29, 0.717) is 18.1 Å². The molecule has 1 unspecified atom stereocenters. The molecular formula is C20H26F3IN4O2. The van der Waals surface area contributed by atoms with E-state index in [1.165, 1.54) is 12.3 Å². The van der Waals surface area contributed by atoms with Crippen molar-refractivity contribution in [3.05, 3.63) is 59.8 Å². The lowest BCUT2D eigenvalue weighted by Gasteiger charge is -2.25. The number of pyridine rings is 1. The van der Waals surface area contributed by atoms with Gasteiger partial charge in [0.2, 0.25) is 5.88 Å². The van der Waals surface area contributed by atoms with Crippen LogP contribution < -0.4 is 15.4 Å². The highest BCUT2D eigenvalue weighted by Gasteiger charge is 2.28. The first kappa shape index (κ1) is 26.0. The van der Waals surface area contributed by atoms with Crippen molar-refractivity contribution >= 4 is 29.9 Å². The molecule has 1 atom stereocenters. The number of rotatable bonds is 8. The molecule has 1 heterocycles. The van der Waals surface area contributed by atoms with E-state index in [1.54, 1.807) is 13.0 Å². The van der Waals surface area contributed by atoms with Gasteiger partial charge in [0.25, 0.3) is 0 Å². The summed E-state index contributed by atoms with van der Waals surface area (Å²) in [6.45, 7) is 3.24. The van der Waals surface area contributed by atoms with Gasteiger partial charge < -0.3 is 20.5 Å². The summed E-state index contributed by atoms with van der Waals surface area (Å²) < 4.78 is 41.5. The molecule has 0 amide bonds. The molecule has 0 fully saturated rings. The van der Waals surface area contributed by atoms with E-state index in [0.717, 1.165) is 5.56 Å². The number of hydrogen-bond donors (Lipinski definition) is 3. The maximum atomic E-state index is 12.3. The summed E-state index contributed by atoms with van der Waals surface area (Å²) in [5.74, 6) is 0.360. The predicted molar refractivity (Wildman–Crippen MR) is 120 cm³/mol. The van der Waals surface area contributed by atoms with Gasteiger partial charge in [-0.05, 0) is 31.0 Å². The van der Waals surface area contributed by atoms with Gasteiger partial charge in [0, 0.05) is 18.8 Å². The molecule has 10 heteroatoms. The van der Waals surface area contributed by atoms with E-state index in [4.69, 9.17) is 0 Å². The lowest BCUT2D eigenvalue weighted by molar-refractivity contribution is -0.154. The molecule has 2 aromatic rings. The Morgan fingerprint density at radius 2 is 1.87 bits per heavy atom. The van der Waals surface area contributed by atoms with Gasteiger partial charge in [-0.25, -0.2) is 9.98 Å². The lowest BCUT2D eigenvalue weighted by atomic mass is 9.96. The molecule has 0 aliphatic carbocycles. The van der Waals surface area contributed by atoms with Crippen molar-refractivity contribution < 1.29 is 23.0 Å². The average molecular weight is 538 g/mol. The Hall–Kier alpha value is -2.08. The number of nitrogens with one attached hydrogen (secondary N) is 2. The third kappa shape index (κ3) is 9.16. The van der Waals surface area contributed by atoms with Crippen LogP contribution in [-0.4, -0.2) is 41.9 Å². The highest BCUT2D eigenvalue weighted by Crippen LogP contribution is 2.19. The number of nitrogens with zero attached hydrogens (tertiary/aromatic N) is 2. The van der Waals surface area contributed by atoms with E-state index in [-0.39, 0.29) is 42.9 Å². The van der Waals surface area contributed by atoms with Gasteiger partial charge >= 0.3 is 6.18 Å². The predicted octanol–water partition coefficient (Wildman–Crippen LogP) is 3.60. The fraction of sp³-hybridized carbons (Fsp3) is 0.400. The number of aliphatic hydroxyl groups is 1. The van der Waals surface area contributed by atoms with Crippen LogP contribution >= 0.6 is 24.0 Å². The van der Waals surface area contributed by atoms with Crippen LogP contribution in [0.4, 0.5) is 13.2 Å². The fourth-order valence-electron chi connectivity index (χ4n) is 2.45. The minimum absolute atomic E-state index is 0. The molecule has 0 bridgehead atoms. The normalized spacial score (nSPS) is 13.7. The highest BCUT2D eigenvalue weighted by atomic mass is 127. The Kier molecular flexibility index (Phi) is 10.3. The summed E-state index contributed by atoms with van der Waals surface area (Å²) in [7, 11) is 0. The molecule has 6 nitrogen and oxygen atoms in total. The molecule has 0 radical (unpaired) electrons. The maximum absolute atomic E-state index is 12.3. The first-order valence-corrected chi connectivity index (χ1v) is 9.14. The Morgan fingerprint density at radius 3 is 2.50 bits per heavy atom. The summed E-state index contributed by atoms with van der Waals surface area (Å²) >= 11 is 0. The van der Waals surface area contributed by atoms with E-state index in [1.807, 2.05) is 37.3 Å². The number of alkyl halides is 3.